The summed E-state index contributed by atoms with van der Waals surface area (Å²) in [6.45, 7) is 0. The van der Waals surface area contributed by atoms with E-state index in [2.05, 4.69) is 26.5 Å². The molecule has 0 bridgehead atoms. The Morgan fingerprint density at radius 3 is 2.72 bits per heavy atom. The minimum atomic E-state index is -4.08. The lowest BCUT2D eigenvalue weighted by Crippen LogP contribution is -2.41. The van der Waals surface area contributed by atoms with Crippen LogP contribution in [0.1, 0.15) is 16.0 Å². The Hall–Kier alpha value is -3.52. The number of aromatic amines is 1. The highest BCUT2D eigenvalue weighted by Gasteiger charge is 2.27. The molecule has 3 N–H and O–H groups in total. The molecule has 0 fully saturated rings. The summed E-state index contributed by atoms with van der Waals surface area (Å²) >= 11 is 0.919. The summed E-state index contributed by atoms with van der Waals surface area (Å²) in [5, 5.41) is 10.3. The first-order chi connectivity index (χ1) is 15.3. The summed E-state index contributed by atoms with van der Waals surface area (Å²) in [6.07, 6.45) is 3.17. The predicted molar refractivity (Wildman–Crippen MR) is 118 cm³/mol. The number of carboxylic acids is 1. The maximum Gasteiger partial charge on any atom is 0.322 e. The molecule has 0 aliphatic heterocycles. The molecule has 3 aromatic heterocycles. The molecule has 0 radical (unpaired) electrons. The number of rotatable bonds is 6. The Morgan fingerprint density at radius 1 is 1.19 bits per heavy atom. The van der Waals surface area contributed by atoms with E-state index >= 15 is 0 Å². The van der Waals surface area contributed by atoms with Crippen LogP contribution in [-0.4, -0.2) is 35.5 Å². The third kappa shape index (κ3) is 4.86. The highest BCUT2D eigenvalue weighted by Crippen LogP contribution is 2.23. The zero-order valence-corrected chi connectivity index (χ0v) is 18.0. The van der Waals surface area contributed by atoms with Gasteiger partial charge in [0.25, 0.3) is 10.0 Å². The fourth-order valence-corrected chi connectivity index (χ4v) is 5.39. The van der Waals surface area contributed by atoms with Gasteiger partial charge in [0.1, 0.15) is 21.7 Å². The van der Waals surface area contributed by atoms with Crippen LogP contribution in [0.2, 0.25) is 0 Å². The molecule has 0 aliphatic carbocycles. The number of nitrogens with zero attached hydrogens (tertiary/aromatic N) is 1. The first-order valence-electron chi connectivity index (χ1n) is 9.35. The number of thiophene rings is 1. The summed E-state index contributed by atoms with van der Waals surface area (Å²) in [7, 11) is -4.08. The van der Waals surface area contributed by atoms with Gasteiger partial charge in [0, 0.05) is 29.8 Å². The van der Waals surface area contributed by atoms with E-state index in [1.807, 2.05) is 0 Å². The van der Waals surface area contributed by atoms with Crippen LogP contribution < -0.4 is 4.72 Å². The molecule has 0 spiro atoms. The summed E-state index contributed by atoms with van der Waals surface area (Å²) in [4.78, 5) is 19.3. The van der Waals surface area contributed by atoms with E-state index in [-0.39, 0.29) is 16.4 Å². The fourth-order valence-electron chi connectivity index (χ4n) is 3.02. The lowest BCUT2D eigenvalue weighted by Gasteiger charge is -2.13. The van der Waals surface area contributed by atoms with Crippen molar-refractivity contribution in [2.45, 2.75) is 16.7 Å². The number of fused-ring (bicyclic) bond motifs is 1. The molecule has 162 valence electrons. The third-order valence-corrected chi connectivity index (χ3v) is 7.54. The SMILES string of the molecule is O=C(O)C(Cc1c[nH]c2ncccc12)NS(=O)(=O)c1ccc(C#Cc2ccc(F)cc2)s1. The van der Waals surface area contributed by atoms with Gasteiger partial charge in [-0.3, -0.25) is 4.79 Å². The Bertz CT molecular complexity index is 1450. The van der Waals surface area contributed by atoms with Gasteiger partial charge in [-0.15, -0.1) is 11.3 Å². The number of nitrogens with one attached hydrogen (secondary N) is 2. The van der Waals surface area contributed by atoms with Crippen LogP contribution in [0.4, 0.5) is 4.39 Å². The van der Waals surface area contributed by atoms with Gasteiger partial charge < -0.3 is 10.1 Å². The van der Waals surface area contributed by atoms with Gasteiger partial charge in [0.15, 0.2) is 0 Å². The fraction of sp³-hybridized carbons (Fsp3) is 0.0909. The minimum Gasteiger partial charge on any atom is -0.480 e. The average Bonchev–Trinajstić information content (AvgIpc) is 3.41. The van der Waals surface area contributed by atoms with Crippen molar-refractivity contribution in [1.82, 2.24) is 14.7 Å². The van der Waals surface area contributed by atoms with Crippen molar-refractivity contribution in [3.05, 3.63) is 82.7 Å². The highest BCUT2D eigenvalue weighted by molar-refractivity contribution is 7.91. The molecule has 0 amide bonds. The molecule has 4 aromatic rings. The average molecular weight is 470 g/mol. The van der Waals surface area contributed by atoms with E-state index in [1.165, 1.54) is 36.4 Å². The van der Waals surface area contributed by atoms with E-state index in [1.54, 1.807) is 24.5 Å². The number of hydrogen-bond acceptors (Lipinski definition) is 5. The number of aromatic nitrogens is 2. The lowest BCUT2D eigenvalue weighted by atomic mass is 10.1. The number of carbonyl (C=O) groups is 1. The zero-order chi connectivity index (χ0) is 22.7. The lowest BCUT2D eigenvalue weighted by molar-refractivity contribution is -0.138. The highest BCUT2D eigenvalue weighted by atomic mass is 32.2. The molecule has 1 unspecified atom stereocenters. The van der Waals surface area contributed by atoms with E-state index in [4.69, 9.17) is 0 Å². The Balaban J connectivity index is 1.52. The Kier molecular flexibility index (Phi) is 6.05. The number of aliphatic carboxylic acids is 1. The molecular weight excluding hydrogens is 453 g/mol. The van der Waals surface area contributed by atoms with Crippen molar-refractivity contribution in [3.8, 4) is 11.8 Å². The predicted octanol–water partition coefficient (Wildman–Crippen LogP) is 3.14. The molecule has 0 saturated heterocycles. The molecule has 3 heterocycles. The largest absolute Gasteiger partial charge is 0.480 e. The number of H-pyrrole nitrogens is 1. The minimum absolute atomic E-state index is 0.0484. The number of hydrogen-bond donors (Lipinski definition) is 3. The number of carboxylic acid groups (broad SMARTS) is 1. The molecular formula is C22H16FN3O4S2. The van der Waals surface area contributed by atoms with Gasteiger partial charge >= 0.3 is 5.97 Å². The van der Waals surface area contributed by atoms with Crippen molar-refractivity contribution in [3.63, 3.8) is 0 Å². The maximum atomic E-state index is 13.0. The standard InChI is InChI=1S/C22H16FN3O4S2/c23-16-6-3-14(4-7-16)5-8-17-9-10-20(31-17)32(29,30)26-19(22(27)28)12-15-13-25-21-18(15)2-1-11-24-21/h1-4,6-7,9-11,13,19,26H,12H2,(H,24,25)(H,27,28). The van der Waals surface area contributed by atoms with E-state index < -0.39 is 22.0 Å². The number of pyridine rings is 1. The van der Waals surface area contributed by atoms with Crippen LogP contribution in [0, 0.1) is 17.7 Å². The van der Waals surface area contributed by atoms with Gasteiger partial charge in [-0.05, 0) is 54.1 Å². The Labute approximate surface area is 187 Å². The number of halogens is 1. The summed E-state index contributed by atoms with van der Waals surface area (Å²) in [6, 6.07) is 10.7. The summed E-state index contributed by atoms with van der Waals surface area (Å²) in [5.74, 6) is 4.00. The topological polar surface area (TPSA) is 112 Å². The van der Waals surface area contributed by atoms with Gasteiger partial charge in [0.05, 0.1) is 4.88 Å². The number of benzene rings is 1. The second-order valence-electron chi connectivity index (χ2n) is 6.81. The number of sulfonamides is 1. The van der Waals surface area contributed by atoms with Crippen LogP contribution in [0.3, 0.4) is 0 Å². The second-order valence-corrected chi connectivity index (χ2v) is 9.83. The Morgan fingerprint density at radius 2 is 1.97 bits per heavy atom. The molecule has 1 aromatic carbocycles. The van der Waals surface area contributed by atoms with Crippen molar-refractivity contribution < 1.29 is 22.7 Å². The van der Waals surface area contributed by atoms with Gasteiger partial charge in [-0.25, -0.2) is 17.8 Å². The smallest absolute Gasteiger partial charge is 0.322 e. The van der Waals surface area contributed by atoms with Crippen LogP contribution >= 0.6 is 11.3 Å². The van der Waals surface area contributed by atoms with E-state index in [9.17, 15) is 22.7 Å². The quantitative estimate of drug-likeness (QED) is 0.376. The molecule has 32 heavy (non-hydrogen) atoms. The summed E-state index contributed by atoms with van der Waals surface area (Å²) in [5.41, 5.74) is 1.82. The van der Waals surface area contributed by atoms with Crippen molar-refractivity contribution >= 4 is 38.4 Å². The normalized spacial score (nSPS) is 12.3. The van der Waals surface area contributed by atoms with Crippen LogP contribution in [-0.2, 0) is 21.2 Å². The first kappa shape index (κ1) is 21.7. The monoisotopic (exact) mass is 469 g/mol. The summed E-state index contributed by atoms with van der Waals surface area (Å²) < 4.78 is 40.8. The van der Waals surface area contributed by atoms with Crippen molar-refractivity contribution in [2.75, 3.05) is 0 Å². The van der Waals surface area contributed by atoms with Crippen LogP contribution in [0.5, 0.6) is 0 Å². The first-order valence-corrected chi connectivity index (χ1v) is 11.7. The molecule has 7 nitrogen and oxygen atoms in total. The molecule has 1 atom stereocenters. The maximum absolute atomic E-state index is 13.0. The van der Waals surface area contributed by atoms with E-state index in [0.717, 1.165) is 16.7 Å². The van der Waals surface area contributed by atoms with Gasteiger partial charge in [-0.2, -0.15) is 4.72 Å². The van der Waals surface area contributed by atoms with Crippen LogP contribution in [0.15, 0.2) is 65.1 Å². The van der Waals surface area contributed by atoms with Crippen molar-refractivity contribution in [2.24, 2.45) is 0 Å². The van der Waals surface area contributed by atoms with Gasteiger partial charge in [0.2, 0.25) is 0 Å². The second kappa shape index (κ2) is 8.92. The zero-order valence-electron chi connectivity index (χ0n) is 16.4. The molecule has 0 aliphatic rings. The third-order valence-electron chi connectivity index (χ3n) is 4.58. The molecule has 4 rings (SSSR count). The van der Waals surface area contributed by atoms with E-state index in [0.29, 0.717) is 21.7 Å². The van der Waals surface area contributed by atoms with Crippen molar-refractivity contribution in [1.29, 1.82) is 0 Å². The van der Waals surface area contributed by atoms with Crippen LogP contribution in [0.25, 0.3) is 11.0 Å². The van der Waals surface area contributed by atoms with Gasteiger partial charge in [-0.1, -0.05) is 11.8 Å². The molecule has 10 heteroatoms. The molecule has 0 saturated carbocycles.